The van der Waals surface area contributed by atoms with Crippen molar-refractivity contribution < 1.29 is 35.8 Å². The molecule has 0 heterocycles. The lowest BCUT2D eigenvalue weighted by atomic mass is 9.96. The molecular weight excluding hydrogens is 402 g/mol. The van der Waals surface area contributed by atoms with Crippen LogP contribution in [0.3, 0.4) is 0 Å². The van der Waals surface area contributed by atoms with Crippen LogP contribution in [0.5, 0.6) is 11.5 Å². The van der Waals surface area contributed by atoms with Gasteiger partial charge in [0.15, 0.2) is 0 Å². The predicted octanol–water partition coefficient (Wildman–Crippen LogP) is 5.37. The van der Waals surface area contributed by atoms with Crippen LogP contribution >= 0.6 is 0 Å². The number of ether oxygens (including phenoxy) is 2. The van der Waals surface area contributed by atoms with E-state index in [-0.39, 0.29) is 24.6 Å². The Labute approximate surface area is 163 Å². The van der Waals surface area contributed by atoms with Crippen molar-refractivity contribution in [3.05, 3.63) is 47.5 Å². The number of alkyl halides is 6. The molecule has 2 rings (SSSR count). The number of nitrogen functional groups attached to an aromatic ring is 2. The molecule has 2 aromatic carbocycles. The minimum absolute atomic E-state index is 0.0738. The van der Waals surface area contributed by atoms with E-state index in [1.165, 1.54) is 12.1 Å². The highest BCUT2D eigenvalue weighted by molar-refractivity contribution is 5.50. The summed E-state index contributed by atoms with van der Waals surface area (Å²) in [6.45, 7) is 2.69. The largest absolute Gasteiger partial charge is 0.492 e. The van der Waals surface area contributed by atoms with E-state index in [0.29, 0.717) is 0 Å². The Hall–Kier alpha value is -2.78. The monoisotopic (exact) mass is 422 g/mol. The van der Waals surface area contributed by atoms with Gasteiger partial charge in [0.05, 0.1) is 24.3 Å². The molecule has 0 aliphatic rings. The molecule has 0 spiro atoms. The van der Waals surface area contributed by atoms with E-state index in [1.54, 1.807) is 13.8 Å². The third-order valence-corrected chi connectivity index (χ3v) is 3.85. The van der Waals surface area contributed by atoms with Crippen LogP contribution in [0.1, 0.15) is 25.0 Å². The van der Waals surface area contributed by atoms with Crippen molar-refractivity contribution in [3.63, 3.8) is 0 Å². The van der Waals surface area contributed by atoms with Gasteiger partial charge in [-0.25, -0.2) is 0 Å². The zero-order valence-electron chi connectivity index (χ0n) is 15.6. The first-order chi connectivity index (χ1) is 13.2. The number of hydrogen-bond donors (Lipinski definition) is 2. The normalized spacial score (nSPS) is 12.7. The quantitative estimate of drug-likeness (QED) is 0.485. The van der Waals surface area contributed by atoms with Crippen molar-refractivity contribution in [2.24, 2.45) is 5.41 Å². The van der Waals surface area contributed by atoms with Crippen molar-refractivity contribution in [2.75, 3.05) is 24.7 Å². The minimum atomic E-state index is -4.67. The van der Waals surface area contributed by atoms with Gasteiger partial charge in [0.25, 0.3) is 0 Å². The molecule has 0 aliphatic carbocycles. The number of anilines is 2. The van der Waals surface area contributed by atoms with Crippen LogP contribution in [0.25, 0.3) is 0 Å². The van der Waals surface area contributed by atoms with Crippen LogP contribution < -0.4 is 20.9 Å². The van der Waals surface area contributed by atoms with Gasteiger partial charge in [-0.15, -0.1) is 0 Å². The van der Waals surface area contributed by atoms with Crippen LogP contribution in [0, 0.1) is 5.41 Å². The van der Waals surface area contributed by atoms with Crippen molar-refractivity contribution >= 4 is 11.4 Å². The topological polar surface area (TPSA) is 70.5 Å². The van der Waals surface area contributed by atoms with Gasteiger partial charge in [0.1, 0.15) is 11.5 Å². The standard InChI is InChI=1S/C19H20F6N2O2/c1-17(2,9-28-15-5-3-11(26)7-13(15)18(20,21)22)10-29-16-6-4-12(27)8-14(16)19(23,24)25/h3-8H,9-10,26-27H2,1-2H3. The molecule has 0 aliphatic heterocycles. The van der Waals surface area contributed by atoms with E-state index >= 15 is 0 Å². The molecule has 2 aromatic rings. The van der Waals surface area contributed by atoms with Gasteiger partial charge in [0, 0.05) is 16.8 Å². The molecule has 160 valence electrons. The summed E-state index contributed by atoms with van der Waals surface area (Å²) in [5.41, 5.74) is 7.68. The Bertz CT molecular complexity index is 793. The van der Waals surface area contributed by atoms with Crippen molar-refractivity contribution in [3.8, 4) is 11.5 Å². The van der Waals surface area contributed by atoms with Gasteiger partial charge in [-0.2, -0.15) is 26.3 Å². The fourth-order valence-corrected chi connectivity index (χ4v) is 2.38. The van der Waals surface area contributed by atoms with Crippen molar-refractivity contribution in [1.82, 2.24) is 0 Å². The molecule has 0 saturated heterocycles. The van der Waals surface area contributed by atoms with E-state index in [0.717, 1.165) is 24.3 Å². The Balaban J connectivity index is 2.11. The Morgan fingerprint density at radius 1 is 0.690 bits per heavy atom. The lowest BCUT2D eigenvalue weighted by molar-refractivity contribution is -0.139. The summed E-state index contributed by atoms with van der Waals surface area (Å²) in [7, 11) is 0. The van der Waals surface area contributed by atoms with Gasteiger partial charge < -0.3 is 20.9 Å². The Kier molecular flexibility index (Phi) is 6.15. The summed E-state index contributed by atoms with van der Waals surface area (Å²) in [5, 5.41) is 0. The predicted molar refractivity (Wildman–Crippen MR) is 96.5 cm³/mol. The number of hydrogen-bond acceptors (Lipinski definition) is 4. The summed E-state index contributed by atoms with van der Waals surface area (Å²) < 4.78 is 89.4. The molecule has 0 amide bonds. The van der Waals surface area contributed by atoms with Gasteiger partial charge in [-0.1, -0.05) is 13.8 Å². The lowest BCUT2D eigenvalue weighted by Crippen LogP contribution is -2.29. The summed E-state index contributed by atoms with van der Waals surface area (Å²) in [4.78, 5) is 0. The maximum absolute atomic E-state index is 13.1. The molecule has 0 saturated carbocycles. The van der Waals surface area contributed by atoms with E-state index in [1.807, 2.05) is 0 Å². The number of halogens is 6. The molecule has 0 radical (unpaired) electrons. The third kappa shape index (κ3) is 6.10. The van der Waals surface area contributed by atoms with Crippen LogP contribution in [-0.2, 0) is 12.4 Å². The average Bonchev–Trinajstić information content (AvgIpc) is 2.58. The van der Waals surface area contributed by atoms with E-state index < -0.39 is 40.4 Å². The molecule has 10 heteroatoms. The number of nitrogens with two attached hydrogens (primary N) is 2. The Morgan fingerprint density at radius 3 is 1.34 bits per heavy atom. The number of rotatable bonds is 6. The molecule has 0 atom stereocenters. The molecule has 4 N–H and O–H groups in total. The van der Waals surface area contributed by atoms with Crippen LogP contribution in [-0.4, -0.2) is 13.2 Å². The van der Waals surface area contributed by atoms with Gasteiger partial charge in [0.2, 0.25) is 0 Å². The lowest BCUT2D eigenvalue weighted by Gasteiger charge is -2.26. The third-order valence-electron chi connectivity index (χ3n) is 3.85. The first-order valence-electron chi connectivity index (χ1n) is 8.38. The van der Waals surface area contributed by atoms with Crippen molar-refractivity contribution in [1.29, 1.82) is 0 Å². The minimum Gasteiger partial charge on any atom is -0.492 e. The highest BCUT2D eigenvalue weighted by atomic mass is 19.4. The maximum atomic E-state index is 13.1. The second-order valence-corrected chi connectivity index (χ2v) is 7.25. The molecule has 0 unspecified atom stereocenters. The molecule has 29 heavy (non-hydrogen) atoms. The van der Waals surface area contributed by atoms with E-state index in [4.69, 9.17) is 20.9 Å². The van der Waals surface area contributed by atoms with E-state index in [2.05, 4.69) is 0 Å². The SMILES string of the molecule is CC(C)(COc1ccc(N)cc1C(F)(F)F)COc1ccc(N)cc1C(F)(F)F. The summed E-state index contributed by atoms with van der Waals surface area (Å²) in [6.07, 6.45) is -9.34. The first kappa shape index (κ1) is 22.5. The average molecular weight is 422 g/mol. The molecule has 0 fully saturated rings. The highest BCUT2D eigenvalue weighted by Crippen LogP contribution is 2.39. The summed E-state index contributed by atoms with van der Waals surface area (Å²) in [6, 6.07) is 6.22. The van der Waals surface area contributed by atoms with Crippen LogP contribution in [0.15, 0.2) is 36.4 Å². The fraction of sp³-hybridized carbons (Fsp3) is 0.368. The van der Waals surface area contributed by atoms with Gasteiger partial charge in [-0.3, -0.25) is 0 Å². The zero-order valence-corrected chi connectivity index (χ0v) is 15.6. The second kappa shape index (κ2) is 7.92. The molecule has 4 nitrogen and oxygen atoms in total. The summed E-state index contributed by atoms with van der Waals surface area (Å²) >= 11 is 0. The zero-order chi connectivity index (χ0) is 22.0. The fourth-order valence-electron chi connectivity index (χ4n) is 2.38. The number of benzene rings is 2. The van der Waals surface area contributed by atoms with Gasteiger partial charge >= 0.3 is 12.4 Å². The van der Waals surface area contributed by atoms with Crippen LogP contribution in [0.2, 0.25) is 0 Å². The Morgan fingerprint density at radius 2 is 1.03 bits per heavy atom. The maximum Gasteiger partial charge on any atom is 0.420 e. The van der Waals surface area contributed by atoms with Gasteiger partial charge in [-0.05, 0) is 36.4 Å². The molecular formula is C19H20F6N2O2. The first-order valence-corrected chi connectivity index (χ1v) is 8.38. The molecule has 0 aromatic heterocycles. The van der Waals surface area contributed by atoms with Crippen LogP contribution in [0.4, 0.5) is 37.7 Å². The van der Waals surface area contributed by atoms with E-state index in [9.17, 15) is 26.3 Å². The van der Waals surface area contributed by atoms with Crippen molar-refractivity contribution in [2.45, 2.75) is 26.2 Å². The molecule has 0 bridgehead atoms. The smallest absolute Gasteiger partial charge is 0.420 e. The summed E-state index contributed by atoms with van der Waals surface area (Å²) in [5.74, 6) is -0.855. The second-order valence-electron chi connectivity index (χ2n) is 7.25. The highest BCUT2D eigenvalue weighted by Gasteiger charge is 2.36.